The van der Waals surface area contributed by atoms with Crippen LogP contribution in [-0.2, 0) is 4.79 Å². The van der Waals surface area contributed by atoms with Gasteiger partial charge in [0, 0.05) is 13.1 Å². The van der Waals surface area contributed by atoms with Gasteiger partial charge in [0.2, 0.25) is 5.91 Å². The first-order valence-corrected chi connectivity index (χ1v) is 3.45. The van der Waals surface area contributed by atoms with Crippen LogP contribution in [0.4, 0.5) is 0 Å². The maximum absolute atomic E-state index is 10.9. The van der Waals surface area contributed by atoms with Crippen molar-refractivity contribution in [2.24, 2.45) is 5.73 Å². The Labute approximate surface area is 65.4 Å². The zero-order valence-electron chi connectivity index (χ0n) is 6.36. The number of hydrogen-bond acceptors (Lipinski definition) is 4. The number of rotatable bonds is 5. The molecule has 0 aromatic carbocycles. The van der Waals surface area contributed by atoms with Crippen molar-refractivity contribution >= 4 is 5.91 Å². The van der Waals surface area contributed by atoms with Crippen LogP contribution in [0.1, 0.15) is 0 Å². The second kappa shape index (κ2) is 6.09. The third-order valence-electron chi connectivity index (χ3n) is 1.27. The standard InChI is InChI=1S/C6H14N2O3/c7-5-6(11)8(1-3-9)2-4-10/h9-10H,1-5,7H2. The second-order valence-electron chi connectivity index (χ2n) is 2.03. The Morgan fingerprint density at radius 3 is 2.00 bits per heavy atom. The van der Waals surface area contributed by atoms with Gasteiger partial charge in [-0.3, -0.25) is 4.79 Å². The summed E-state index contributed by atoms with van der Waals surface area (Å²) in [6, 6.07) is 0. The summed E-state index contributed by atoms with van der Waals surface area (Å²) >= 11 is 0. The minimum absolute atomic E-state index is 0.0833. The van der Waals surface area contributed by atoms with E-state index >= 15 is 0 Å². The lowest BCUT2D eigenvalue weighted by Gasteiger charge is -2.19. The molecular formula is C6H14N2O3. The lowest BCUT2D eigenvalue weighted by atomic mass is 10.4. The largest absolute Gasteiger partial charge is 0.395 e. The summed E-state index contributed by atoms with van der Waals surface area (Å²) in [7, 11) is 0. The van der Waals surface area contributed by atoms with Crippen molar-refractivity contribution in [2.75, 3.05) is 32.8 Å². The normalized spacial score (nSPS) is 9.73. The first kappa shape index (κ1) is 10.3. The van der Waals surface area contributed by atoms with Crippen LogP contribution in [0.25, 0.3) is 0 Å². The molecule has 1 amide bonds. The van der Waals surface area contributed by atoms with E-state index in [2.05, 4.69) is 0 Å². The Bertz CT molecular complexity index is 112. The first-order valence-electron chi connectivity index (χ1n) is 3.45. The van der Waals surface area contributed by atoms with Crippen molar-refractivity contribution in [1.29, 1.82) is 0 Å². The van der Waals surface area contributed by atoms with E-state index < -0.39 is 0 Å². The number of aliphatic hydroxyl groups excluding tert-OH is 2. The molecule has 0 aliphatic rings. The van der Waals surface area contributed by atoms with E-state index in [1.165, 1.54) is 4.90 Å². The molecule has 4 N–H and O–H groups in total. The number of aliphatic hydroxyl groups is 2. The highest BCUT2D eigenvalue weighted by molar-refractivity contribution is 5.77. The molecule has 0 fully saturated rings. The molecule has 0 atom stereocenters. The topological polar surface area (TPSA) is 86.8 Å². The Hall–Kier alpha value is -0.650. The highest BCUT2D eigenvalue weighted by Crippen LogP contribution is 1.86. The van der Waals surface area contributed by atoms with Gasteiger partial charge in [-0.05, 0) is 0 Å². The monoisotopic (exact) mass is 162 g/mol. The molecule has 0 aliphatic carbocycles. The molecule has 0 saturated heterocycles. The third-order valence-corrected chi connectivity index (χ3v) is 1.27. The second-order valence-corrected chi connectivity index (χ2v) is 2.03. The van der Waals surface area contributed by atoms with Gasteiger partial charge >= 0.3 is 0 Å². The van der Waals surface area contributed by atoms with Gasteiger partial charge < -0.3 is 20.8 Å². The zero-order chi connectivity index (χ0) is 8.69. The van der Waals surface area contributed by atoms with Gasteiger partial charge in [-0.25, -0.2) is 0 Å². The molecule has 0 unspecified atom stereocenters. The van der Waals surface area contributed by atoms with Gasteiger partial charge in [-0.2, -0.15) is 0 Å². The average molecular weight is 162 g/mol. The highest BCUT2D eigenvalue weighted by Gasteiger charge is 2.08. The molecule has 0 aromatic heterocycles. The third kappa shape index (κ3) is 3.92. The van der Waals surface area contributed by atoms with Crippen LogP contribution >= 0.6 is 0 Å². The molecule has 5 heteroatoms. The molecule has 0 heterocycles. The molecule has 0 saturated carbocycles. The fourth-order valence-corrected chi connectivity index (χ4v) is 0.732. The van der Waals surface area contributed by atoms with E-state index in [1.807, 2.05) is 0 Å². The number of nitrogens with two attached hydrogens (primary N) is 1. The van der Waals surface area contributed by atoms with Crippen LogP contribution in [-0.4, -0.2) is 53.9 Å². The maximum atomic E-state index is 10.9. The Kier molecular flexibility index (Phi) is 5.73. The minimum Gasteiger partial charge on any atom is -0.395 e. The summed E-state index contributed by atoms with van der Waals surface area (Å²) in [5.41, 5.74) is 5.08. The molecule has 0 bridgehead atoms. The lowest BCUT2D eigenvalue weighted by molar-refractivity contribution is -0.130. The molecule has 0 radical (unpaired) electrons. The van der Waals surface area contributed by atoms with E-state index in [0.717, 1.165) is 0 Å². The molecule has 5 nitrogen and oxygen atoms in total. The molecular weight excluding hydrogens is 148 g/mol. The van der Waals surface area contributed by atoms with Gasteiger partial charge in [0.05, 0.1) is 19.8 Å². The molecule has 0 rings (SSSR count). The van der Waals surface area contributed by atoms with E-state index in [9.17, 15) is 4.79 Å². The first-order chi connectivity index (χ1) is 5.26. The maximum Gasteiger partial charge on any atom is 0.236 e. The van der Waals surface area contributed by atoms with Crippen LogP contribution in [0.3, 0.4) is 0 Å². The summed E-state index contributed by atoms with van der Waals surface area (Å²) in [4.78, 5) is 12.2. The van der Waals surface area contributed by atoms with Gasteiger partial charge in [0.25, 0.3) is 0 Å². The van der Waals surface area contributed by atoms with Crippen molar-refractivity contribution in [2.45, 2.75) is 0 Å². The lowest BCUT2D eigenvalue weighted by Crippen LogP contribution is -2.39. The van der Waals surface area contributed by atoms with Crippen molar-refractivity contribution in [3.05, 3.63) is 0 Å². The number of carbonyl (C=O) groups excluding carboxylic acids is 1. The number of carbonyl (C=O) groups is 1. The van der Waals surface area contributed by atoms with Gasteiger partial charge in [-0.15, -0.1) is 0 Å². The SMILES string of the molecule is NCC(=O)N(CCO)CCO. The van der Waals surface area contributed by atoms with Crippen molar-refractivity contribution in [3.63, 3.8) is 0 Å². The van der Waals surface area contributed by atoms with Gasteiger partial charge in [-0.1, -0.05) is 0 Å². The van der Waals surface area contributed by atoms with E-state index in [4.69, 9.17) is 15.9 Å². The zero-order valence-corrected chi connectivity index (χ0v) is 6.36. The summed E-state index contributed by atoms with van der Waals surface area (Å²) in [5.74, 6) is -0.256. The van der Waals surface area contributed by atoms with Crippen LogP contribution in [0.2, 0.25) is 0 Å². The predicted molar refractivity (Wildman–Crippen MR) is 39.8 cm³/mol. The van der Waals surface area contributed by atoms with Crippen molar-refractivity contribution < 1.29 is 15.0 Å². The van der Waals surface area contributed by atoms with Crippen molar-refractivity contribution in [1.82, 2.24) is 4.90 Å². The molecule has 66 valence electrons. The Morgan fingerprint density at radius 2 is 1.73 bits per heavy atom. The summed E-state index contributed by atoms with van der Waals surface area (Å²) in [5, 5.41) is 17.0. The highest BCUT2D eigenvalue weighted by atomic mass is 16.3. The minimum atomic E-state index is -0.256. The van der Waals surface area contributed by atoms with Crippen molar-refractivity contribution in [3.8, 4) is 0 Å². The van der Waals surface area contributed by atoms with E-state index in [-0.39, 0.29) is 38.8 Å². The van der Waals surface area contributed by atoms with Crippen LogP contribution < -0.4 is 5.73 Å². The number of amides is 1. The quantitative estimate of drug-likeness (QED) is 0.426. The fraction of sp³-hybridized carbons (Fsp3) is 0.833. The van der Waals surface area contributed by atoms with Crippen LogP contribution in [0.15, 0.2) is 0 Å². The van der Waals surface area contributed by atoms with E-state index in [0.29, 0.717) is 0 Å². The fourth-order valence-electron chi connectivity index (χ4n) is 0.732. The summed E-state index contributed by atoms with van der Waals surface area (Å²) < 4.78 is 0. The van der Waals surface area contributed by atoms with Crippen LogP contribution in [0, 0.1) is 0 Å². The Balaban J connectivity index is 3.76. The number of nitrogens with zero attached hydrogens (tertiary/aromatic N) is 1. The molecule has 0 aliphatic heterocycles. The number of hydrogen-bond donors (Lipinski definition) is 3. The molecule has 11 heavy (non-hydrogen) atoms. The predicted octanol–water partition coefficient (Wildman–Crippen LogP) is -2.24. The Morgan fingerprint density at radius 1 is 1.27 bits per heavy atom. The summed E-state index contributed by atoms with van der Waals surface area (Å²) in [6.45, 7) is 0.171. The average Bonchev–Trinajstić information content (AvgIpc) is 2.03. The van der Waals surface area contributed by atoms with Gasteiger partial charge in [0.15, 0.2) is 0 Å². The van der Waals surface area contributed by atoms with Gasteiger partial charge in [0.1, 0.15) is 0 Å². The summed E-state index contributed by atoms with van der Waals surface area (Å²) in [6.07, 6.45) is 0. The molecule has 0 spiro atoms. The van der Waals surface area contributed by atoms with E-state index in [1.54, 1.807) is 0 Å². The van der Waals surface area contributed by atoms with Crippen LogP contribution in [0.5, 0.6) is 0 Å². The smallest absolute Gasteiger partial charge is 0.236 e. The molecule has 0 aromatic rings.